The average molecular weight is 338 g/mol. The number of nitrogens with zero attached hydrogens (tertiary/aromatic N) is 1. The van der Waals surface area contributed by atoms with Crippen LogP contribution in [0.15, 0.2) is 48.5 Å². The van der Waals surface area contributed by atoms with Crippen molar-refractivity contribution in [3.63, 3.8) is 0 Å². The molecule has 3 rings (SSSR count). The Labute approximate surface area is 147 Å². The quantitative estimate of drug-likeness (QED) is 0.819. The van der Waals surface area contributed by atoms with E-state index in [-0.39, 0.29) is 18.2 Å². The van der Waals surface area contributed by atoms with Crippen LogP contribution in [-0.4, -0.2) is 24.5 Å². The molecule has 1 fully saturated rings. The molecule has 5 heteroatoms. The average Bonchev–Trinajstić information content (AvgIpc) is 2.89. The lowest BCUT2D eigenvalue weighted by atomic mass is 10.2. The minimum Gasteiger partial charge on any atom is -0.494 e. The number of hydrogen-bond acceptors (Lipinski definition) is 4. The third kappa shape index (κ3) is 3.82. The minimum absolute atomic E-state index is 0.154. The maximum atomic E-state index is 12.7. The van der Waals surface area contributed by atoms with Gasteiger partial charge in [-0.05, 0) is 49.7 Å². The molecule has 1 aliphatic rings. The maximum Gasteiger partial charge on any atom is 0.256 e. The molecule has 0 radical (unpaired) electrons. The van der Waals surface area contributed by atoms with Gasteiger partial charge in [-0.2, -0.15) is 0 Å². The summed E-state index contributed by atoms with van der Waals surface area (Å²) in [6.07, 6.45) is 1.08. The van der Waals surface area contributed by atoms with Gasteiger partial charge in [-0.1, -0.05) is 24.6 Å². The summed E-state index contributed by atoms with van der Waals surface area (Å²) in [5, 5.41) is 3.15. The van der Waals surface area contributed by atoms with Gasteiger partial charge in [-0.15, -0.1) is 0 Å². The SMILES string of the molecule is CCCOc1ccc(N2C(=O)C[C@@H](Nc3ccc(C)cc3)C2=O)cc1. The van der Waals surface area contributed by atoms with Crippen molar-refractivity contribution in [3.8, 4) is 5.75 Å². The summed E-state index contributed by atoms with van der Waals surface area (Å²) >= 11 is 0. The van der Waals surface area contributed by atoms with E-state index in [4.69, 9.17) is 4.74 Å². The van der Waals surface area contributed by atoms with Crippen molar-refractivity contribution in [2.75, 3.05) is 16.8 Å². The molecule has 0 unspecified atom stereocenters. The first-order chi connectivity index (χ1) is 12.1. The normalized spacial score (nSPS) is 17.0. The van der Waals surface area contributed by atoms with Gasteiger partial charge < -0.3 is 10.1 Å². The Balaban J connectivity index is 1.71. The number of rotatable bonds is 6. The second-order valence-electron chi connectivity index (χ2n) is 6.18. The fourth-order valence-corrected chi connectivity index (χ4v) is 2.78. The number of nitrogens with one attached hydrogen (secondary N) is 1. The molecule has 5 nitrogen and oxygen atoms in total. The van der Waals surface area contributed by atoms with Gasteiger partial charge in [0.2, 0.25) is 5.91 Å². The highest BCUT2D eigenvalue weighted by Gasteiger charge is 2.39. The molecule has 2 amide bonds. The van der Waals surface area contributed by atoms with Crippen molar-refractivity contribution >= 4 is 23.2 Å². The summed E-state index contributed by atoms with van der Waals surface area (Å²) in [6, 6.07) is 14.3. The molecule has 2 aromatic carbocycles. The number of carbonyl (C=O) groups is 2. The zero-order chi connectivity index (χ0) is 17.8. The summed E-state index contributed by atoms with van der Waals surface area (Å²) in [6.45, 7) is 4.68. The van der Waals surface area contributed by atoms with Gasteiger partial charge in [0.15, 0.2) is 0 Å². The van der Waals surface area contributed by atoms with Crippen molar-refractivity contribution in [2.45, 2.75) is 32.7 Å². The summed E-state index contributed by atoms with van der Waals surface area (Å²) in [7, 11) is 0. The Morgan fingerprint density at radius 1 is 1.08 bits per heavy atom. The zero-order valence-corrected chi connectivity index (χ0v) is 14.5. The fraction of sp³-hybridized carbons (Fsp3) is 0.300. The van der Waals surface area contributed by atoms with Crippen LogP contribution in [0.5, 0.6) is 5.75 Å². The van der Waals surface area contributed by atoms with Gasteiger partial charge in [-0.3, -0.25) is 9.59 Å². The first-order valence-corrected chi connectivity index (χ1v) is 8.51. The predicted octanol–water partition coefficient (Wildman–Crippen LogP) is 3.53. The lowest BCUT2D eigenvalue weighted by molar-refractivity contribution is -0.121. The topological polar surface area (TPSA) is 58.6 Å². The number of benzene rings is 2. The molecule has 0 aliphatic carbocycles. The van der Waals surface area contributed by atoms with Crippen LogP contribution in [0, 0.1) is 6.92 Å². The molecule has 0 aromatic heterocycles. The first kappa shape index (κ1) is 17.0. The van der Waals surface area contributed by atoms with E-state index in [1.807, 2.05) is 38.1 Å². The molecule has 1 N–H and O–H groups in total. The van der Waals surface area contributed by atoms with Crippen molar-refractivity contribution in [1.29, 1.82) is 0 Å². The second kappa shape index (κ2) is 7.38. The number of aryl methyl sites for hydroxylation is 1. The van der Waals surface area contributed by atoms with Gasteiger partial charge in [0.05, 0.1) is 18.7 Å². The smallest absolute Gasteiger partial charge is 0.256 e. The maximum absolute atomic E-state index is 12.7. The van der Waals surface area contributed by atoms with E-state index in [1.165, 1.54) is 4.90 Å². The summed E-state index contributed by atoms with van der Waals surface area (Å²) in [4.78, 5) is 26.2. The Bertz CT molecular complexity index is 754. The van der Waals surface area contributed by atoms with Crippen LogP contribution < -0.4 is 15.0 Å². The third-order valence-corrected chi connectivity index (χ3v) is 4.11. The molecular formula is C20H22N2O3. The van der Waals surface area contributed by atoms with Crippen LogP contribution in [0.4, 0.5) is 11.4 Å². The lowest BCUT2D eigenvalue weighted by Gasteiger charge is -2.16. The van der Waals surface area contributed by atoms with E-state index in [9.17, 15) is 9.59 Å². The summed E-state index contributed by atoms with van der Waals surface area (Å²) < 4.78 is 5.54. The standard InChI is InChI=1S/C20H22N2O3/c1-3-12-25-17-10-8-16(9-11-17)22-19(23)13-18(20(22)24)21-15-6-4-14(2)5-7-15/h4-11,18,21H,3,12-13H2,1-2H3/t18-/m1/s1. The number of carbonyl (C=O) groups excluding carboxylic acids is 2. The predicted molar refractivity (Wildman–Crippen MR) is 97.9 cm³/mol. The molecule has 1 atom stereocenters. The Morgan fingerprint density at radius 2 is 1.76 bits per heavy atom. The first-order valence-electron chi connectivity index (χ1n) is 8.51. The number of amides is 2. The van der Waals surface area contributed by atoms with Crippen LogP contribution >= 0.6 is 0 Å². The molecule has 0 saturated carbocycles. The van der Waals surface area contributed by atoms with Gasteiger partial charge in [0, 0.05) is 5.69 Å². The molecule has 25 heavy (non-hydrogen) atoms. The van der Waals surface area contributed by atoms with Gasteiger partial charge >= 0.3 is 0 Å². The molecule has 1 aliphatic heterocycles. The van der Waals surface area contributed by atoms with E-state index >= 15 is 0 Å². The van der Waals surface area contributed by atoms with Crippen LogP contribution in [0.25, 0.3) is 0 Å². The van der Waals surface area contributed by atoms with E-state index in [1.54, 1.807) is 24.3 Å². The van der Waals surface area contributed by atoms with Crippen molar-refractivity contribution in [1.82, 2.24) is 0 Å². The summed E-state index contributed by atoms with van der Waals surface area (Å²) in [5.74, 6) is 0.309. The third-order valence-electron chi connectivity index (χ3n) is 4.11. The van der Waals surface area contributed by atoms with Gasteiger partial charge in [0.25, 0.3) is 5.91 Å². The Hall–Kier alpha value is -2.82. The van der Waals surface area contributed by atoms with Crippen LogP contribution in [0.1, 0.15) is 25.3 Å². The monoisotopic (exact) mass is 338 g/mol. The molecule has 0 spiro atoms. The Morgan fingerprint density at radius 3 is 2.40 bits per heavy atom. The molecular weight excluding hydrogens is 316 g/mol. The highest BCUT2D eigenvalue weighted by atomic mass is 16.5. The molecule has 130 valence electrons. The van der Waals surface area contributed by atoms with Crippen molar-refractivity contribution in [2.24, 2.45) is 0 Å². The second-order valence-corrected chi connectivity index (χ2v) is 6.18. The van der Waals surface area contributed by atoms with Gasteiger partial charge in [-0.25, -0.2) is 4.90 Å². The van der Waals surface area contributed by atoms with Crippen LogP contribution in [0.2, 0.25) is 0 Å². The van der Waals surface area contributed by atoms with E-state index < -0.39 is 6.04 Å². The fourth-order valence-electron chi connectivity index (χ4n) is 2.78. The minimum atomic E-state index is -0.536. The number of hydrogen-bond donors (Lipinski definition) is 1. The van der Waals surface area contributed by atoms with Crippen LogP contribution in [-0.2, 0) is 9.59 Å². The van der Waals surface area contributed by atoms with E-state index in [0.29, 0.717) is 12.3 Å². The van der Waals surface area contributed by atoms with E-state index in [0.717, 1.165) is 23.4 Å². The summed E-state index contributed by atoms with van der Waals surface area (Å²) in [5.41, 5.74) is 2.56. The van der Waals surface area contributed by atoms with Crippen molar-refractivity contribution < 1.29 is 14.3 Å². The number of ether oxygens (including phenoxy) is 1. The number of imide groups is 1. The van der Waals surface area contributed by atoms with Crippen LogP contribution in [0.3, 0.4) is 0 Å². The van der Waals surface area contributed by atoms with Gasteiger partial charge in [0.1, 0.15) is 11.8 Å². The number of anilines is 2. The molecule has 2 aromatic rings. The highest BCUT2D eigenvalue weighted by Crippen LogP contribution is 2.27. The molecule has 1 saturated heterocycles. The highest BCUT2D eigenvalue weighted by molar-refractivity contribution is 6.23. The molecule has 0 bridgehead atoms. The van der Waals surface area contributed by atoms with Crippen molar-refractivity contribution in [3.05, 3.63) is 54.1 Å². The Kier molecular flexibility index (Phi) is 5.03. The largest absolute Gasteiger partial charge is 0.494 e. The zero-order valence-electron chi connectivity index (χ0n) is 14.5. The van der Waals surface area contributed by atoms with E-state index in [2.05, 4.69) is 5.32 Å². The molecule has 1 heterocycles. The lowest BCUT2D eigenvalue weighted by Crippen LogP contribution is -2.34.